The molecule has 0 aliphatic carbocycles. The highest BCUT2D eigenvalue weighted by Crippen LogP contribution is 2.46. The van der Waals surface area contributed by atoms with Gasteiger partial charge in [0.15, 0.2) is 17.7 Å². The van der Waals surface area contributed by atoms with Gasteiger partial charge in [-0.3, -0.25) is 5.32 Å². The van der Waals surface area contributed by atoms with Crippen molar-refractivity contribution in [1.82, 2.24) is 10.3 Å². The minimum absolute atomic E-state index is 0.00838. The van der Waals surface area contributed by atoms with Crippen molar-refractivity contribution in [2.45, 2.75) is 12.6 Å². The fourth-order valence-corrected chi connectivity index (χ4v) is 3.90. The number of halogens is 2. The van der Waals surface area contributed by atoms with E-state index in [0.717, 1.165) is 0 Å². The number of nitrogens with zero attached hydrogens (tertiary/aromatic N) is 4. The van der Waals surface area contributed by atoms with Gasteiger partial charge in [-0.25, -0.2) is 14.4 Å². The number of para-hydroxylation sites is 1. The molecule has 1 aliphatic heterocycles. The number of rotatable bonds is 5. The molecule has 1 atom stereocenters. The normalized spacial score (nSPS) is 14.0. The van der Waals surface area contributed by atoms with Gasteiger partial charge in [-0.05, 0) is 18.2 Å². The number of nitrogens with two attached hydrogens (primary N) is 2. The first-order valence-corrected chi connectivity index (χ1v) is 10.5. The van der Waals surface area contributed by atoms with Crippen LogP contribution in [-0.2, 0) is 6.61 Å². The van der Waals surface area contributed by atoms with Gasteiger partial charge in [0, 0.05) is 16.7 Å². The average Bonchev–Trinajstić information content (AvgIpc) is 2.83. The van der Waals surface area contributed by atoms with E-state index in [0.29, 0.717) is 16.9 Å². The number of pyridine rings is 1. The Balaban J connectivity index is 1.88. The third kappa shape index (κ3) is 4.28. The van der Waals surface area contributed by atoms with Crippen LogP contribution in [0.2, 0.25) is 5.02 Å². The van der Waals surface area contributed by atoms with Crippen molar-refractivity contribution in [2.24, 2.45) is 4.99 Å². The van der Waals surface area contributed by atoms with E-state index in [1.54, 1.807) is 30.5 Å². The Bertz CT molecular complexity index is 1410. The SMILES string of the molecule is COc1cccc(C2N=C(NC#N)Nc3nc(N)c(C#N)c(N)c32)c1OCc1c(F)cccc1Cl. The standard InChI is InChI=1S/C23H18ClFN8O2/c1-34-16-7-2-4-11(20(16)35-9-13-14(24)5-3-6-15(13)25)19-17-18(28)12(8-26)21(29)32-22(17)33-23(31-19)30-10-27/h2-7,19H,9H2,1H3,(H6,28,29,30,31,32,33). The van der Waals surface area contributed by atoms with Gasteiger partial charge in [0.05, 0.1) is 17.8 Å². The van der Waals surface area contributed by atoms with Crippen molar-refractivity contribution >= 4 is 34.9 Å². The van der Waals surface area contributed by atoms with Crippen LogP contribution < -0.4 is 31.6 Å². The third-order valence-electron chi connectivity index (χ3n) is 5.30. The second-order valence-corrected chi connectivity index (χ2v) is 7.68. The maximum Gasteiger partial charge on any atom is 0.211 e. The summed E-state index contributed by atoms with van der Waals surface area (Å²) in [4.78, 5) is 8.78. The zero-order chi connectivity index (χ0) is 25.1. The van der Waals surface area contributed by atoms with Crippen LogP contribution in [0.5, 0.6) is 11.5 Å². The first-order chi connectivity index (χ1) is 16.9. The van der Waals surface area contributed by atoms with Gasteiger partial charge in [-0.15, -0.1) is 0 Å². The van der Waals surface area contributed by atoms with Gasteiger partial charge in [-0.2, -0.15) is 10.5 Å². The molecule has 176 valence electrons. The summed E-state index contributed by atoms with van der Waals surface area (Å²) in [5, 5.41) is 24.1. The monoisotopic (exact) mass is 492 g/mol. The summed E-state index contributed by atoms with van der Waals surface area (Å²) >= 11 is 6.16. The Labute approximate surface area is 204 Å². The van der Waals surface area contributed by atoms with Crippen molar-refractivity contribution in [1.29, 1.82) is 10.5 Å². The van der Waals surface area contributed by atoms with Gasteiger partial charge < -0.3 is 26.3 Å². The average molecular weight is 493 g/mol. The number of guanidine groups is 1. The van der Waals surface area contributed by atoms with E-state index in [1.807, 2.05) is 6.07 Å². The summed E-state index contributed by atoms with van der Waals surface area (Å²) in [6, 6.07) is 10.5. The predicted octanol–water partition coefficient (Wildman–Crippen LogP) is 3.44. The topological polar surface area (TPSA) is 167 Å². The minimum atomic E-state index is -0.886. The maximum atomic E-state index is 14.4. The molecule has 0 fully saturated rings. The number of methoxy groups -OCH3 is 1. The second kappa shape index (κ2) is 9.63. The number of nitriles is 2. The number of anilines is 3. The van der Waals surface area contributed by atoms with Crippen molar-refractivity contribution in [3.05, 3.63) is 69.5 Å². The van der Waals surface area contributed by atoms with E-state index in [4.69, 9.17) is 37.8 Å². The molecule has 4 rings (SSSR count). The van der Waals surface area contributed by atoms with Crippen LogP contribution >= 0.6 is 11.6 Å². The number of benzene rings is 2. The third-order valence-corrected chi connectivity index (χ3v) is 5.66. The molecule has 6 N–H and O–H groups in total. The number of aliphatic imine (C=N–C) groups is 1. The van der Waals surface area contributed by atoms with Gasteiger partial charge in [0.2, 0.25) is 5.96 Å². The first kappa shape index (κ1) is 23.4. The van der Waals surface area contributed by atoms with E-state index < -0.39 is 11.9 Å². The molecule has 0 radical (unpaired) electrons. The van der Waals surface area contributed by atoms with Crippen molar-refractivity contribution < 1.29 is 13.9 Å². The Morgan fingerprint density at radius 1 is 1.23 bits per heavy atom. The highest BCUT2D eigenvalue weighted by atomic mass is 35.5. The van der Waals surface area contributed by atoms with E-state index in [1.165, 1.54) is 19.2 Å². The quantitative estimate of drug-likeness (QED) is 0.308. The number of hydrogen-bond donors (Lipinski definition) is 4. The van der Waals surface area contributed by atoms with E-state index in [9.17, 15) is 9.65 Å². The molecule has 0 amide bonds. The number of ether oxygens (including phenoxy) is 2. The number of aromatic nitrogens is 1. The molecule has 1 aromatic heterocycles. The second-order valence-electron chi connectivity index (χ2n) is 7.27. The Morgan fingerprint density at radius 2 is 2.00 bits per heavy atom. The zero-order valence-electron chi connectivity index (χ0n) is 18.3. The summed E-state index contributed by atoms with van der Waals surface area (Å²) in [6.45, 7) is -0.206. The molecule has 1 unspecified atom stereocenters. The van der Waals surface area contributed by atoms with Crippen molar-refractivity contribution in [3.63, 3.8) is 0 Å². The van der Waals surface area contributed by atoms with Crippen LogP contribution in [0, 0.1) is 28.6 Å². The molecule has 3 aromatic rings. The summed E-state index contributed by atoms with van der Waals surface area (Å²) in [7, 11) is 1.45. The molecular formula is C23H18ClFN8O2. The van der Waals surface area contributed by atoms with E-state index in [-0.39, 0.29) is 51.8 Å². The fourth-order valence-electron chi connectivity index (χ4n) is 3.68. The molecular weight excluding hydrogens is 475 g/mol. The Morgan fingerprint density at radius 3 is 2.69 bits per heavy atom. The number of nitrogen functional groups attached to an aromatic ring is 2. The van der Waals surface area contributed by atoms with Gasteiger partial charge in [0.25, 0.3) is 0 Å². The largest absolute Gasteiger partial charge is 0.493 e. The number of hydrogen-bond acceptors (Lipinski definition) is 10. The van der Waals surface area contributed by atoms with Crippen LogP contribution in [-0.4, -0.2) is 18.1 Å². The molecule has 0 saturated heterocycles. The summed E-state index contributed by atoms with van der Waals surface area (Å²) in [5.41, 5.74) is 13.2. The van der Waals surface area contributed by atoms with Gasteiger partial charge >= 0.3 is 0 Å². The lowest BCUT2D eigenvalue weighted by atomic mass is 9.94. The molecule has 0 spiro atoms. The molecule has 1 aliphatic rings. The van der Waals surface area contributed by atoms with Crippen LogP contribution in [0.1, 0.15) is 28.3 Å². The molecule has 35 heavy (non-hydrogen) atoms. The molecule has 10 nitrogen and oxygen atoms in total. The number of fused-ring (bicyclic) bond motifs is 1. The lowest BCUT2D eigenvalue weighted by molar-refractivity contribution is 0.276. The predicted molar refractivity (Wildman–Crippen MR) is 128 cm³/mol. The van der Waals surface area contributed by atoms with Gasteiger partial charge in [-0.1, -0.05) is 29.8 Å². The summed E-state index contributed by atoms with van der Waals surface area (Å²) in [5.74, 6) is 0.255. The number of nitrogens with one attached hydrogen (secondary N) is 2. The highest BCUT2D eigenvalue weighted by molar-refractivity contribution is 6.31. The molecule has 0 bridgehead atoms. The fraction of sp³-hybridized carbons (Fsp3) is 0.130. The highest BCUT2D eigenvalue weighted by Gasteiger charge is 2.32. The summed E-state index contributed by atoms with van der Waals surface area (Å²) < 4.78 is 25.9. The van der Waals surface area contributed by atoms with Crippen LogP contribution in [0.25, 0.3) is 0 Å². The first-order valence-electron chi connectivity index (χ1n) is 10.1. The van der Waals surface area contributed by atoms with Crippen molar-refractivity contribution in [3.8, 4) is 23.8 Å². The van der Waals surface area contributed by atoms with Crippen LogP contribution in [0.3, 0.4) is 0 Å². The van der Waals surface area contributed by atoms with Crippen LogP contribution in [0.15, 0.2) is 41.4 Å². The Kier molecular flexibility index (Phi) is 6.44. The summed E-state index contributed by atoms with van der Waals surface area (Å²) in [6.07, 6.45) is 1.79. The molecule has 0 saturated carbocycles. The van der Waals surface area contributed by atoms with Crippen LogP contribution in [0.4, 0.5) is 21.7 Å². The Hall–Kier alpha value is -4.74. The van der Waals surface area contributed by atoms with Gasteiger partial charge in [0.1, 0.15) is 41.7 Å². The molecule has 2 aromatic carbocycles. The lowest BCUT2D eigenvalue weighted by Gasteiger charge is -2.27. The maximum absolute atomic E-state index is 14.4. The van der Waals surface area contributed by atoms with E-state index in [2.05, 4.69) is 20.6 Å². The molecule has 2 heterocycles. The van der Waals surface area contributed by atoms with Crippen molar-refractivity contribution in [2.75, 3.05) is 23.9 Å². The smallest absolute Gasteiger partial charge is 0.211 e. The lowest BCUT2D eigenvalue weighted by Crippen LogP contribution is -2.33. The zero-order valence-corrected chi connectivity index (χ0v) is 19.0. The van der Waals surface area contributed by atoms with E-state index >= 15 is 0 Å². The minimum Gasteiger partial charge on any atom is -0.493 e. The molecule has 12 heteroatoms.